The van der Waals surface area contributed by atoms with Gasteiger partial charge in [-0.1, -0.05) is 42.2 Å². The van der Waals surface area contributed by atoms with Crippen LogP contribution in [0.4, 0.5) is 0 Å². The quantitative estimate of drug-likeness (QED) is 0.540. The molecule has 0 amide bonds. The lowest BCUT2D eigenvalue weighted by molar-refractivity contribution is 0.0259. The van der Waals surface area contributed by atoms with Gasteiger partial charge in [-0.15, -0.1) is 13.2 Å². The Morgan fingerprint density at radius 2 is 1.94 bits per heavy atom. The second-order valence-corrected chi connectivity index (χ2v) is 4.27. The predicted molar refractivity (Wildman–Crippen MR) is 77.3 cm³/mol. The molecule has 94 valence electrons. The largest absolute Gasteiger partial charge is 0.359 e. The van der Waals surface area contributed by atoms with Crippen LogP contribution in [-0.2, 0) is 4.74 Å². The average Bonchev–Trinajstić information content (AvgIpc) is 2.42. The molecule has 0 unspecified atom stereocenters. The molecule has 0 aliphatic carbocycles. The molecule has 1 rings (SSSR count). The summed E-state index contributed by atoms with van der Waals surface area (Å²) in [6.07, 6.45) is 5.36. The number of benzene rings is 1. The summed E-state index contributed by atoms with van der Waals surface area (Å²) >= 11 is 0. The summed E-state index contributed by atoms with van der Waals surface area (Å²) in [5.74, 6) is 6.37. The highest BCUT2D eigenvalue weighted by Gasteiger charge is 2.20. The molecule has 0 radical (unpaired) electrons. The highest BCUT2D eigenvalue weighted by molar-refractivity contribution is 5.35. The summed E-state index contributed by atoms with van der Waals surface area (Å²) < 4.78 is 5.76. The van der Waals surface area contributed by atoms with Gasteiger partial charge in [-0.25, -0.2) is 0 Å². The van der Waals surface area contributed by atoms with E-state index < -0.39 is 5.60 Å². The standard InChI is InChI=1S/C17H20O/c1-4-6-13-17(3,18-15-5-2)14-12-16-10-8-7-9-11-16/h4-5,7-11H,1-2,6,13,15H2,3H3/t17-/m1/s1. The summed E-state index contributed by atoms with van der Waals surface area (Å²) in [7, 11) is 0. The van der Waals surface area contributed by atoms with Gasteiger partial charge in [0.1, 0.15) is 5.60 Å². The maximum Gasteiger partial charge on any atom is 0.126 e. The third kappa shape index (κ3) is 5.03. The number of ether oxygens (including phenoxy) is 1. The molecular weight excluding hydrogens is 220 g/mol. The Morgan fingerprint density at radius 1 is 1.22 bits per heavy atom. The van der Waals surface area contributed by atoms with Crippen LogP contribution in [0, 0.1) is 11.8 Å². The first-order valence-corrected chi connectivity index (χ1v) is 6.14. The topological polar surface area (TPSA) is 9.23 Å². The lowest BCUT2D eigenvalue weighted by atomic mass is 10.00. The first-order chi connectivity index (χ1) is 8.70. The third-order valence-electron chi connectivity index (χ3n) is 2.59. The maximum atomic E-state index is 5.76. The van der Waals surface area contributed by atoms with Gasteiger partial charge in [-0.2, -0.15) is 0 Å². The lowest BCUT2D eigenvalue weighted by Crippen LogP contribution is -2.26. The van der Waals surface area contributed by atoms with Crippen LogP contribution in [0.15, 0.2) is 55.6 Å². The van der Waals surface area contributed by atoms with E-state index in [1.54, 1.807) is 6.08 Å². The van der Waals surface area contributed by atoms with Crippen LogP contribution in [-0.4, -0.2) is 12.2 Å². The number of hydrogen-bond acceptors (Lipinski definition) is 1. The molecule has 0 saturated heterocycles. The minimum absolute atomic E-state index is 0.446. The van der Waals surface area contributed by atoms with Gasteiger partial charge in [-0.05, 0) is 31.9 Å². The molecule has 0 aliphatic heterocycles. The van der Waals surface area contributed by atoms with Crippen LogP contribution in [0.1, 0.15) is 25.3 Å². The molecule has 0 fully saturated rings. The second-order valence-electron chi connectivity index (χ2n) is 4.27. The smallest absolute Gasteiger partial charge is 0.126 e. The van der Waals surface area contributed by atoms with E-state index in [2.05, 4.69) is 25.0 Å². The normalized spacial score (nSPS) is 12.9. The summed E-state index contributed by atoms with van der Waals surface area (Å²) in [6, 6.07) is 9.94. The van der Waals surface area contributed by atoms with Gasteiger partial charge < -0.3 is 4.74 Å². The van der Waals surface area contributed by atoms with Gasteiger partial charge >= 0.3 is 0 Å². The van der Waals surface area contributed by atoms with Crippen molar-refractivity contribution in [3.8, 4) is 11.8 Å². The minimum atomic E-state index is -0.446. The van der Waals surface area contributed by atoms with Crippen LogP contribution in [0.5, 0.6) is 0 Å². The fourth-order valence-electron chi connectivity index (χ4n) is 1.52. The minimum Gasteiger partial charge on any atom is -0.359 e. The van der Waals surface area contributed by atoms with Crippen molar-refractivity contribution in [3.63, 3.8) is 0 Å². The van der Waals surface area contributed by atoms with E-state index in [1.165, 1.54) is 0 Å². The molecule has 1 aromatic carbocycles. The molecule has 1 atom stereocenters. The van der Waals surface area contributed by atoms with Crippen molar-refractivity contribution < 1.29 is 4.74 Å². The molecule has 0 saturated carbocycles. The van der Waals surface area contributed by atoms with Crippen molar-refractivity contribution in [2.24, 2.45) is 0 Å². The summed E-state index contributed by atoms with van der Waals surface area (Å²) in [5.41, 5.74) is 0.558. The highest BCUT2D eigenvalue weighted by Crippen LogP contribution is 2.17. The molecular formula is C17H20O. The zero-order chi connectivity index (χ0) is 13.3. The molecule has 0 aliphatic rings. The number of hydrogen-bond donors (Lipinski definition) is 0. The van der Waals surface area contributed by atoms with E-state index in [9.17, 15) is 0 Å². The molecule has 0 N–H and O–H groups in total. The average molecular weight is 240 g/mol. The number of rotatable bonds is 6. The predicted octanol–water partition coefficient (Wildman–Crippen LogP) is 3.97. The van der Waals surface area contributed by atoms with Gasteiger partial charge in [-0.3, -0.25) is 0 Å². The van der Waals surface area contributed by atoms with E-state index in [1.807, 2.05) is 43.3 Å². The van der Waals surface area contributed by atoms with Gasteiger partial charge in [0.15, 0.2) is 0 Å². The second kappa shape index (κ2) is 7.53. The molecule has 0 aromatic heterocycles. The zero-order valence-corrected chi connectivity index (χ0v) is 11.0. The summed E-state index contributed by atoms with van der Waals surface area (Å²) in [4.78, 5) is 0. The summed E-state index contributed by atoms with van der Waals surface area (Å²) in [5, 5.41) is 0. The van der Waals surface area contributed by atoms with Crippen molar-refractivity contribution in [2.45, 2.75) is 25.4 Å². The lowest BCUT2D eigenvalue weighted by Gasteiger charge is -2.23. The monoisotopic (exact) mass is 240 g/mol. The first-order valence-electron chi connectivity index (χ1n) is 6.14. The van der Waals surface area contributed by atoms with E-state index in [0.717, 1.165) is 18.4 Å². The molecule has 0 heterocycles. The Labute approximate surface area is 110 Å². The van der Waals surface area contributed by atoms with Gasteiger partial charge in [0.05, 0.1) is 6.61 Å². The molecule has 1 aromatic rings. The van der Waals surface area contributed by atoms with Crippen molar-refractivity contribution in [1.29, 1.82) is 0 Å². The van der Waals surface area contributed by atoms with Crippen LogP contribution in [0.25, 0.3) is 0 Å². The molecule has 1 nitrogen and oxygen atoms in total. The van der Waals surface area contributed by atoms with Crippen molar-refractivity contribution in [3.05, 3.63) is 61.2 Å². The maximum absolute atomic E-state index is 5.76. The Hall–Kier alpha value is -1.78. The molecule has 1 heteroatoms. The van der Waals surface area contributed by atoms with Crippen molar-refractivity contribution in [1.82, 2.24) is 0 Å². The van der Waals surface area contributed by atoms with E-state index in [4.69, 9.17) is 4.74 Å². The Morgan fingerprint density at radius 3 is 2.56 bits per heavy atom. The van der Waals surface area contributed by atoms with Crippen molar-refractivity contribution >= 4 is 0 Å². The molecule has 18 heavy (non-hydrogen) atoms. The van der Waals surface area contributed by atoms with E-state index >= 15 is 0 Å². The highest BCUT2D eigenvalue weighted by atomic mass is 16.5. The fourth-order valence-corrected chi connectivity index (χ4v) is 1.52. The van der Waals surface area contributed by atoms with Crippen LogP contribution in [0.2, 0.25) is 0 Å². The van der Waals surface area contributed by atoms with E-state index in [-0.39, 0.29) is 0 Å². The Bertz CT molecular complexity index is 422. The van der Waals surface area contributed by atoms with Gasteiger partial charge in [0, 0.05) is 5.56 Å². The van der Waals surface area contributed by atoms with Crippen LogP contribution in [0.3, 0.4) is 0 Å². The Balaban J connectivity index is 2.80. The van der Waals surface area contributed by atoms with Gasteiger partial charge in [0.25, 0.3) is 0 Å². The van der Waals surface area contributed by atoms with Gasteiger partial charge in [0.2, 0.25) is 0 Å². The zero-order valence-electron chi connectivity index (χ0n) is 11.0. The number of allylic oxidation sites excluding steroid dienone is 1. The van der Waals surface area contributed by atoms with Crippen LogP contribution >= 0.6 is 0 Å². The van der Waals surface area contributed by atoms with Crippen molar-refractivity contribution in [2.75, 3.05) is 6.61 Å². The van der Waals surface area contributed by atoms with Crippen LogP contribution < -0.4 is 0 Å². The SMILES string of the molecule is C=CCC[C@](C)(C#Cc1ccccc1)OCC=C. The molecule has 0 spiro atoms. The molecule has 0 bridgehead atoms. The van der Waals surface area contributed by atoms with E-state index in [0.29, 0.717) is 6.61 Å². The third-order valence-corrected chi connectivity index (χ3v) is 2.59. The summed E-state index contributed by atoms with van der Waals surface area (Å²) in [6.45, 7) is 9.93. The first kappa shape index (κ1) is 14.3. The fraction of sp³-hybridized carbons (Fsp3) is 0.294. The Kier molecular flexibility index (Phi) is 5.97.